The molecule has 58 valence electrons. The van der Waals surface area contributed by atoms with Gasteiger partial charge in [-0.05, 0) is 11.6 Å². The molecule has 0 bridgehead atoms. The average Bonchev–Trinajstić information content (AvgIpc) is 1.86. The highest BCUT2D eigenvalue weighted by Crippen LogP contribution is 2.12. The molecule has 0 amide bonds. The van der Waals surface area contributed by atoms with Gasteiger partial charge < -0.3 is 10.8 Å². The quantitative estimate of drug-likeness (QED) is 0.378. The van der Waals surface area contributed by atoms with E-state index in [2.05, 4.69) is 13.2 Å². The van der Waals surface area contributed by atoms with Gasteiger partial charge in [0.15, 0.2) is 0 Å². The van der Waals surface area contributed by atoms with Gasteiger partial charge in [0.05, 0.1) is 0 Å². The summed E-state index contributed by atoms with van der Waals surface area (Å²) in [6.07, 6.45) is 3.03. The van der Waals surface area contributed by atoms with E-state index < -0.39 is 5.40 Å². The van der Waals surface area contributed by atoms with Crippen molar-refractivity contribution >= 4 is 15.7 Å². The summed E-state index contributed by atoms with van der Waals surface area (Å²) in [4.78, 5) is 0. The number of allylic oxidation sites excluding steroid dienone is 1. The van der Waals surface area contributed by atoms with Crippen LogP contribution in [0.25, 0.3) is 0 Å². The van der Waals surface area contributed by atoms with E-state index in [1.54, 1.807) is 15.7 Å². The van der Waals surface area contributed by atoms with Gasteiger partial charge in [-0.2, -0.15) is 0 Å². The van der Waals surface area contributed by atoms with Gasteiger partial charge in [0.25, 0.3) is 0 Å². The van der Waals surface area contributed by atoms with Gasteiger partial charge in [-0.25, -0.2) is 0 Å². The van der Waals surface area contributed by atoms with Crippen molar-refractivity contribution in [3.8, 4) is 0 Å². The first kappa shape index (κ1) is 10.1. The van der Waals surface area contributed by atoms with Gasteiger partial charge >= 0.3 is 0 Å². The molecule has 0 spiro atoms. The number of aliphatic hydroxyl groups is 1. The Morgan fingerprint density at radius 1 is 1.36 bits per heavy atom. The van der Waals surface area contributed by atoms with E-state index in [9.17, 15) is 5.11 Å². The van der Waals surface area contributed by atoms with E-state index in [4.69, 9.17) is 5.73 Å². The molecule has 2 nitrogen and oxygen atoms in total. The first-order valence-electron chi connectivity index (χ1n) is 3.41. The largest absolute Gasteiger partial charge is 0.403 e. The second kappa shape index (κ2) is 3.49. The Morgan fingerprint density at radius 2 is 1.82 bits per heavy atom. The predicted molar refractivity (Wildman–Crippen MR) is 53.6 cm³/mol. The molecule has 0 unspecified atom stereocenters. The molecular formula is C7H13B2NO. The first-order chi connectivity index (χ1) is 4.93. The number of hydrogen-bond acceptors (Lipinski definition) is 2. The Kier molecular flexibility index (Phi) is 3.20. The van der Waals surface area contributed by atoms with Crippen LogP contribution < -0.4 is 5.73 Å². The minimum atomic E-state index is -0.944. The van der Waals surface area contributed by atoms with Gasteiger partial charge in [0.1, 0.15) is 15.7 Å². The van der Waals surface area contributed by atoms with Crippen LogP contribution >= 0.6 is 0 Å². The van der Waals surface area contributed by atoms with Crippen LogP contribution in [0.15, 0.2) is 36.6 Å². The summed E-state index contributed by atoms with van der Waals surface area (Å²) >= 11 is 0. The van der Waals surface area contributed by atoms with Crippen molar-refractivity contribution < 1.29 is 5.11 Å². The molecule has 3 N–H and O–H groups in total. The minimum Gasteiger partial charge on any atom is -0.403 e. The lowest BCUT2D eigenvalue weighted by Gasteiger charge is -2.20. The zero-order valence-corrected chi connectivity index (χ0v) is 7.09. The second-order valence-electron chi connectivity index (χ2n) is 2.84. The number of nitrogens with two attached hydrogens (primary N) is 1. The molecule has 0 aliphatic heterocycles. The highest BCUT2D eigenvalue weighted by Gasteiger charge is 2.18. The maximum Gasteiger partial charge on any atom is 0.137 e. The molecule has 11 heavy (non-hydrogen) atoms. The highest BCUT2D eigenvalue weighted by molar-refractivity contribution is 6.41. The smallest absolute Gasteiger partial charge is 0.137 e. The molecule has 0 rings (SSSR count). The van der Waals surface area contributed by atoms with Crippen LogP contribution in [-0.2, 0) is 0 Å². The van der Waals surface area contributed by atoms with E-state index in [1.165, 1.54) is 12.2 Å². The molecule has 0 radical (unpaired) electrons. The Labute approximate surface area is 69.3 Å². The van der Waals surface area contributed by atoms with Gasteiger partial charge in [-0.3, -0.25) is 0 Å². The summed E-state index contributed by atoms with van der Waals surface area (Å²) in [6, 6.07) is 0. The Bertz CT molecular complexity index is 203. The van der Waals surface area contributed by atoms with Crippen LogP contribution in [0.2, 0.25) is 0 Å². The monoisotopic (exact) mass is 149 g/mol. The molecule has 0 atom stereocenters. The maximum atomic E-state index is 9.52. The first-order valence-corrected chi connectivity index (χ1v) is 3.41. The normalized spacial score (nSPS) is 13.5. The van der Waals surface area contributed by atoms with E-state index in [-0.39, 0.29) is 0 Å². The molecule has 0 saturated heterocycles. The van der Waals surface area contributed by atoms with Crippen molar-refractivity contribution in [1.82, 2.24) is 0 Å². The van der Waals surface area contributed by atoms with Crippen molar-refractivity contribution in [3.05, 3.63) is 36.6 Å². The van der Waals surface area contributed by atoms with E-state index in [0.29, 0.717) is 11.3 Å². The molecule has 0 aromatic carbocycles. The fraction of sp³-hybridized carbons (Fsp3) is 0.143. The Hall–Kier alpha value is -0.890. The predicted octanol–water partition coefficient (Wildman–Crippen LogP) is -1.52. The van der Waals surface area contributed by atoms with Crippen LogP contribution in [0, 0.1) is 0 Å². The molecule has 0 aliphatic carbocycles. The van der Waals surface area contributed by atoms with Crippen molar-refractivity contribution in [2.24, 2.45) is 5.73 Å². The summed E-state index contributed by atoms with van der Waals surface area (Å²) in [7, 11) is 3.31. The van der Waals surface area contributed by atoms with Crippen LogP contribution in [0.5, 0.6) is 0 Å². The van der Waals surface area contributed by atoms with E-state index >= 15 is 0 Å². The molecule has 0 aliphatic rings. The summed E-state index contributed by atoms with van der Waals surface area (Å²) in [5.41, 5.74) is 6.61. The fourth-order valence-electron chi connectivity index (χ4n) is 0.831. The highest BCUT2D eigenvalue weighted by atomic mass is 16.3. The Morgan fingerprint density at radius 3 is 1.91 bits per heavy atom. The van der Waals surface area contributed by atoms with Crippen molar-refractivity contribution in [2.45, 2.75) is 5.40 Å². The Balaban J connectivity index is 4.95. The summed E-state index contributed by atoms with van der Waals surface area (Å²) in [5.74, 6) is 0. The summed E-state index contributed by atoms with van der Waals surface area (Å²) < 4.78 is 0. The lowest BCUT2D eigenvalue weighted by Crippen LogP contribution is -2.33. The molecule has 4 heteroatoms. The van der Waals surface area contributed by atoms with Crippen molar-refractivity contribution in [1.29, 1.82) is 0 Å². The SMILES string of the molecule is BC(B)(O)/C(C=C)=C(\N)C=C. The van der Waals surface area contributed by atoms with Gasteiger partial charge in [-0.15, -0.1) is 0 Å². The summed E-state index contributed by atoms with van der Waals surface area (Å²) in [6.45, 7) is 7.05. The zero-order valence-electron chi connectivity index (χ0n) is 7.09. The minimum absolute atomic E-state index is 0.465. The topological polar surface area (TPSA) is 46.2 Å². The fourth-order valence-corrected chi connectivity index (χ4v) is 0.831. The molecular weight excluding hydrogens is 136 g/mol. The lowest BCUT2D eigenvalue weighted by atomic mass is 9.60. The molecule has 0 aromatic heterocycles. The van der Waals surface area contributed by atoms with E-state index in [1.807, 2.05) is 0 Å². The molecule has 0 aromatic rings. The standard InChI is InChI=1S/C7H13B2NO/c1-3-5(6(10)4-2)7(8,9)11/h3-4,11H,1-2,8-10H2/b6-5-. The number of hydrogen-bond donors (Lipinski definition) is 2. The lowest BCUT2D eigenvalue weighted by molar-refractivity contribution is 0.253. The number of rotatable bonds is 3. The molecule has 0 fully saturated rings. The van der Waals surface area contributed by atoms with Gasteiger partial charge in [-0.1, -0.05) is 19.2 Å². The van der Waals surface area contributed by atoms with Crippen LogP contribution in [0.1, 0.15) is 0 Å². The van der Waals surface area contributed by atoms with E-state index in [0.717, 1.165) is 0 Å². The second-order valence-corrected chi connectivity index (χ2v) is 2.84. The van der Waals surface area contributed by atoms with Crippen molar-refractivity contribution in [2.75, 3.05) is 0 Å². The third kappa shape index (κ3) is 2.68. The third-order valence-electron chi connectivity index (χ3n) is 1.39. The third-order valence-corrected chi connectivity index (χ3v) is 1.39. The van der Waals surface area contributed by atoms with Crippen LogP contribution in [-0.4, -0.2) is 26.2 Å². The van der Waals surface area contributed by atoms with Crippen LogP contribution in [0.4, 0.5) is 0 Å². The average molecular weight is 149 g/mol. The zero-order chi connectivity index (χ0) is 9.07. The van der Waals surface area contributed by atoms with Gasteiger partial charge in [0.2, 0.25) is 0 Å². The van der Waals surface area contributed by atoms with Crippen molar-refractivity contribution in [3.63, 3.8) is 0 Å². The van der Waals surface area contributed by atoms with Crippen LogP contribution in [0.3, 0.4) is 0 Å². The van der Waals surface area contributed by atoms with Gasteiger partial charge in [0, 0.05) is 11.1 Å². The molecule has 0 saturated carbocycles. The maximum absolute atomic E-state index is 9.52. The molecule has 0 heterocycles. The summed E-state index contributed by atoms with van der Waals surface area (Å²) in [5, 5.41) is 8.58.